The largest absolute Gasteiger partial charge is 0.493 e. The van der Waals surface area contributed by atoms with Crippen molar-refractivity contribution in [2.75, 3.05) is 24.9 Å². The summed E-state index contributed by atoms with van der Waals surface area (Å²) >= 11 is 6.42. The highest BCUT2D eigenvalue weighted by atomic mass is 35.5. The zero-order valence-electron chi connectivity index (χ0n) is 19.5. The Labute approximate surface area is 205 Å². The average molecular weight is 509 g/mol. The molecule has 2 N–H and O–H groups in total. The molecule has 2 aromatic carbocycles. The number of methoxy groups -OCH3 is 2. The summed E-state index contributed by atoms with van der Waals surface area (Å²) in [6.07, 6.45) is -4.98. The molecule has 0 saturated heterocycles. The number of aryl methyl sites for hydroxylation is 2. The van der Waals surface area contributed by atoms with Crippen LogP contribution in [0.5, 0.6) is 11.5 Å². The van der Waals surface area contributed by atoms with Crippen LogP contribution in [0.3, 0.4) is 0 Å². The Morgan fingerprint density at radius 3 is 2.46 bits per heavy atom. The van der Waals surface area contributed by atoms with Crippen LogP contribution >= 0.6 is 11.6 Å². The van der Waals surface area contributed by atoms with E-state index in [1.165, 1.54) is 14.2 Å². The van der Waals surface area contributed by atoms with Crippen molar-refractivity contribution >= 4 is 29.0 Å². The van der Waals surface area contributed by atoms with Crippen molar-refractivity contribution in [3.05, 3.63) is 63.8 Å². The van der Waals surface area contributed by atoms with Crippen molar-refractivity contribution < 1.29 is 27.4 Å². The molecule has 7 nitrogen and oxygen atoms in total. The summed E-state index contributed by atoms with van der Waals surface area (Å²) in [4.78, 5) is 12.9. The van der Waals surface area contributed by atoms with E-state index in [0.717, 1.165) is 15.8 Å². The highest BCUT2D eigenvalue weighted by molar-refractivity contribution is 6.36. The van der Waals surface area contributed by atoms with Crippen LogP contribution in [0.4, 0.5) is 24.7 Å². The molecule has 2 atom stereocenters. The molecule has 1 aliphatic heterocycles. The predicted molar refractivity (Wildman–Crippen MR) is 127 cm³/mol. The van der Waals surface area contributed by atoms with E-state index in [9.17, 15) is 18.0 Å². The molecule has 0 saturated carbocycles. The number of nitrogens with zero attached hydrogens (tertiary/aromatic N) is 2. The van der Waals surface area contributed by atoms with Gasteiger partial charge in [-0.25, -0.2) is 4.68 Å². The van der Waals surface area contributed by atoms with Gasteiger partial charge in [-0.05, 0) is 54.8 Å². The number of alkyl halides is 3. The number of ether oxygens (including phenoxy) is 2. The Bertz CT molecular complexity index is 1280. The van der Waals surface area contributed by atoms with E-state index < -0.39 is 24.2 Å². The molecule has 1 amide bonds. The minimum atomic E-state index is -4.62. The summed E-state index contributed by atoms with van der Waals surface area (Å²) in [5.74, 6) is 0.0533. The van der Waals surface area contributed by atoms with Crippen LogP contribution in [0.2, 0.25) is 5.02 Å². The molecule has 0 unspecified atom stereocenters. The van der Waals surface area contributed by atoms with Crippen LogP contribution < -0.4 is 20.1 Å². The summed E-state index contributed by atoms with van der Waals surface area (Å²) in [6, 6.07) is 7.43. The monoisotopic (exact) mass is 508 g/mol. The fourth-order valence-corrected chi connectivity index (χ4v) is 4.30. The quantitative estimate of drug-likeness (QED) is 0.436. The minimum Gasteiger partial charge on any atom is -0.493 e. The van der Waals surface area contributed by atoms with Crippen molar-refractivity contribution in [1.29, 1.82) is 0 Å². The van der Waals surface area contributed by atoms with Crippen molar-refractivity contribution in [2.45, 2.75) is 38.5 Å². The normalized spacial score (nSPS) is 17.4. The van der Waals surface area contributed by atoms with E-state index in [-0.39, 0.29) is 23.0 Å². The Morgan fingerprint density at radius 2 is 1.83 bits per heavy atom. The van der Waals surface area contributed by atoms with Gasteiger partial charge in [-0.1, -0.05) is 23.7 Å². The second kappa shape index (κ2) is 9.33. The summed E-state index contributed by atoms with van der Waals surface area (Å²) in [5, 5.41) is 9.46. The van der Waals surface area contributed by atoms with Gasteiger partial charge in [0.25, 0.3) is 5.91 Å². The van der Waals surface area contributed by atoms with Gasteiger partial charge < -0.3 is 20.1 Å². The summed E-state index contributed by atoms with van der Waals surface area (Å²) in [7, 11) is 2.92. The van der Waals surface area contributed by atoms with Gasteiger partial charge in [0.15, 0.2) is 23.2 Å². The second-order valence-electron chi connectivity index (χ2n) is 8.31. The Kier molecular flexibility index (Phi) is 6.59. The lowest BCUT2D eigenvalue weighted by molar-refractivity contribution is -0.173. The zero-order valence-corrected chi connectivity index (χ0v) is 20.2. The molecule has 11 heteroatoms. The number of anilines is 2. The predicted octanol–water partition coefficient (Wildman–Crippen LogP) is 6.08. The average Bonchev–Trinajstić information content (AvgIpc) is 3.16. The lowest BCUT2D eigenvalue weighted by Gasteiger charge is -2.33. The molecule has 0 radical (unpaired) electrons. The van der Waals surface area contributed by atoms with Crippen molar-refractivity contribution in [1.82, 2.24) is 9.78 Å². The van der Waals surface area contributed by atoms with Crippen LogP contribution in [-0.4, -0.2) is 36.1 Å². The van der Waals surface area contributed by atoms with E-state index in [1.807, 2.05) is 19.9 Å². The number of halogens is 4. The van der Waals surface area contributed by atoms with Crippen molar-refractivity contribution in [3.8, 4) is 11.5 Å². The Hall–Kier alpha value is -3.40. The molecule has 186 valence electrons. The number of hydrogen-bond donors (Lipinski definition) is 2. The smallest absolute Gasteiger partial charge is 0.410 e. The molecular formula is C24H24ClF3N4O3. The topological polar surface area (TPSA) is 77.4 Å². The summed E-state index contributed by atoms with van der Waals surface area (Å²) in [6.45, 7) is 3.82. The van der Waals surface area contributed by atoms with Crippen LogP contribution in [0.1, 0.15) is 45.7 Å². The Balaban J connectivity index is 1.70. The molecule has 0 fully saturated rings. The van der Waals surface area contributed by atoms with Gasteiger partial charge in [0.05, 0.1) is 20.3 Å². The highest BCUT2D eigenvalue weighted by Crippen LogP contribution is 2.47. The standard InChI is InChI=1S/C24H24ClF3N4O3/c1-12-5-7-15(9-13(12)2)29-23(33)21-20(25)22-30-16(11-19(24(26,27)28)32(22)31-21)14-6-8-17(34-3)18(10-14)35-4/h5-10,16,19,30H,11H2,1-4H3,(H,29,33)/t16-,19+/m0/s1. The molecular weight excluding hydrogens is 485 g/mol. The second-order valence-corrected chi connectivity index (χ2v) is 8.69. The third-order valence-electron chi connectivity index (χ3n) is 6.09. The van der Waals surface area contributed by atoms with Crippen LogP contribution in [-0.2, 0) is 0 Å². The van der Waals surface area contributed by atoms with Gasteiger partial charge in [-0.2, -0.15) is 18.3 Å². The van der Waals surface area contributed by atoms with E-state index >= 15 is 0 Å². The first kappa shape index (κ1) is 24.7. The lowest BCUT2D eigenvalue weighted by atomic mass is 9.96. The van der Waals surface area contributed by atoms with Crippen LogP contribution in [0, 0.1) is 13.8 Å². The molecule has 0 aliphatic carbocycles. The van der Waals surface area contributed by atoms with Gasteiger partial charge >= 0.3 is 6.18 Å². The Morgan fingerprint density at radius 1 is 1.11 bits per heavy atom. The van der Waals surface area contributed by atoms with Gasteiger partial charge in [0.2, 0.25) is 0 Å². The fraction of sp³-hybridized carbons (Fsp3) is 0.333. The number of rotatable bonds is 5. The van der Waals surface area contributed by atoms with E-state index in [0.29, 0.717) is 22.7 Å². The van der Waals surface area contributed by atoms with Crippen molar-refractivity contribution in [2.24, 2.45) is 0 Å². The molecule has 2 heterocycles. The van der Waals surface area contributed by atoms with Gasteiger partial charge in [0.1, 0.15) is 10.8 Å². The molecule has 4 rings (SSSR count). The molecule has 1 aromatic heterocycles. The third kappa shape index (κ3) is 4.75. The maximum Gasteiger partial charge on any atom is 0.410 e. The first-order chi connectivity index (χ1) is 16.5. The summed E-state index contributed by atoms with van der Waals surface area (Å²) in [5.41, 5.74) is 2.73. The summed E-state index contributed by atoms with van der Waals surface area (Å²) < 4.78 is 53.5. The highest BCUT2D eigenvalue weighted by Gasteiger charge is 2.48. The molecule has 1 aliphatic rings. The number of amides is 1. The number of hydrogen-bond acceptors (Lipinski definition) is 5. The van der Waals surface area contributed by atoms with Gasteiger partial charge in [-0.3, -0.25) is 4.79 Å². The number of fused-ring (bicyclic) bond motifs is 1. The van der Waals surface area contributed by atoms with Crippen molar-refractivity contribution in [3.63, 3.8) is 0 Å². The maximum absolute atomic E-state index is 14.1. The van der Waals surface area contributed by atoms with E-state index in [2.05, 4.69) is 15.7 Å². The number of carbonyl (C=O) groups is 1. The minimum absolute atomic E-state index is 0.0785. The van der Waals surface area contributed by atoms with Crippen LogP contribution in [0.25, 0.3) is 0 Å². The molecule has 0 spiro atoms. The SMILES string of the molecule is COc1ccc([C@@H]2C[C@H](C(F)(F)F)n3nc(C(=O)Nc4ccc(C)c(C)c4)c(Cl)c3N2)cc1OC. The molecule has 35 heavy (non-hydrogen) atoms. The number of nitrogens with one attached hydrogen (secondary N) is 2. The number of benzene rings is 2. The van der Waals surface area contributed by atoms with Crippen LogP contribution in [0.15, 0.2) is 36.4 Å². The van der Waals surface area contributed by atoms with Gasteiger partial charge in [-0.15, -0.1) is 0 Å². The number of aromatic nitrogens is 2. The van der Waals surface area contributed by atoms with E-state index in [1.54, 1.807) is 30.3 Å². The lowest BCUT2D eigenvalue weighted by Crippen LogP contribution is -2.35. The zero-order chi connectivity index (χ0) is 25.5. The molecule has 0 bridgehead atoms. The van der Waals surface area contributed by atoms with E-state index in [4.69, 9.17) is 21.1 Å². The first-order valence-electron chi connectivity index (χ1n) is 10.7. The first-order valence-corrected chi connectivity index (χ1v) is 11.1. The fourth-order valence-electron chi connectivity index (χ4n) is 4.03. The number of carbonyl (C=O) groups excluding carboxylic acids is 1. The van der Waals surface area contributed by atoms with Gasteiger partial charge in [0, 0.05) is 12.1 Å². The maximum atomic E-state index is 14.1. The third-order valence-corrected chi connectivity index (χ3v) is 6.44. The molecule has 3 aromatic rings.